The van der Waals surface area contributed by atoms with Crippen LogP contribution in [0.3, 0.4) is 0 Å². The van der Waals surface area contributed by atoms with Gasteiger partial charge in [0, 0.05) is 0 Å². The maximum Gasteiger partial charge on any atom is 0.101 e. The highest BCUT2D eigenvalue weighted by molar-refractivity contribution is 5.03. The maximum atomic E-state index is 5.08. The Morgan fingerprint density at radius 3 is 0.857 bits per heavy atom. The van der Waals surface area contributed by atoms with Gasteiger partial charge >= 0.3 is 0 Å². The van der Waals surface area contributed by atoms with Gasteiger partial charge in [-0.2, -0.15) is 0 Å². The molecule has 0 aromatic carbocycles. The average molecular weight is 192 g/mol. The Hall–Kier alpha value is -1.44. The zero-order chi connectivity index (χ0) is 10.6. The summed E-state index contributed by atoms with van der Waals surface area (Å²) in [5.41, 5.74) is 0. The highest BCUT2D eigenvalue weighted by Crippen LogP contribution is 2.02. The Balaban J connectivity index is 0.000000140. The SMILES string of the molecule is Cc1ccc(C)o1.Cc1ccc(C)o1. The first-order chi connectivity index (χ1) is 6.58. The Kier molecular flexibility index (Phi) is 3.57. The molecule has 0 radical (unpaired) electrons. The largest absolute Gasteiger partial charge is 0.467 e. The third kappa shape index (κ3) is 3.52. The monoisotopic (exact) mass is 192 g/mol. The summed E-state index contributed by atoms with van der Waals surface area (Å²) in [4.78, 5) is 0. The first-order valence-corrected chi connectivity index (χ1v) is 4.64. The third-order valence-electron chi connectivity index (χ3n) is 1.75. The molecule has 0 atom stereocenters. The quantitative estimate of drug-likeness (QED) is 0.634. The summed E-state index contributed by atoms with van der Waals surface area (Å²) in [6.07, 6.45) is 0. The van der Waals surface area contributed by atoms with E-state index in [-0.39, 0.29) is 0 Å². The Morgan fingerprint density at radius 1 is 0.571 bits per heavy atom. The lowest BCUT2D eigenvalue weighted by atomic mass is 10.5. The Labute approximate surface area is 84.5 Å². The van der Waals surface area contributed by atoms with Crippen LogP contribution < -0.4 is 0 Å². The highest BCUT2D eigenvalue weighted by Gasteiger charge is 1.86. The number of furan rings is 2. The van der Waals surface area contributed by atoms with Crippen molar-refractivity contribution in [1.29, 1.82) is 0 Å². The van der Waals surface area contributed by atoms with Gasteiger partial charge in [-0.3, -0.25) is 0 Å². The van der Waals surface area contributed by atoms with Crippen molar-refractivity contribution in [2.45, 2.75) is 27.7 Å². The van der Waals surface area contributed by atoms with Gasteiger partial charge in [0.05, 0.1) is 0 Å². The number of rotatable bonds is 0. The molecule has 0 unspecified atom stereocenters. The summed E-state index contributed by atoms with van der Waals surface area (Å²) < 4.78 is 10.2. The zero-order valence-electron chi connectivity index (χ0n) is 9.13. The number of hydrogen-bond acceptors (Lipinski definition) is 2. The third-order valence-corrected chi connectivity index (χ3v) is 1.75. The van der Waals surface area contributed by atoms with Gasteiger partial charge < -0.3 is 8.83 Å². The van der Waals surface area contributed by atoms with Gasteiger partial charge in [0.1, 0.15) is 23.0 Å². The second-order valence-electron chi connectivity index (χ2n) is 3.31. The van der Waals surface area contributed by atoms with Gasteiger partial charge in [0.25, 0.3) is 0 Å². The molecule has 0 bridgehead atoms. The molecule has 0 aliphatic rings. The van der Waals surface area contributed by atoms with Crippen molar-refractivity contribution in [3.05, 3.63) is 47.3 Å². The van der Waals surface area contributed by atoms with Gasteiger partial charge in [-0.15, -0.1) is 0 Å². The summed E-state index contributed by atoms with van der Waals surface area (Å²) in [7, 11) is 0. The molecule has 0 fully saturated rings. The minimum Gasteiger partial charge on any atom is -0.467 e. The van der Waals surface area contributed by atoms with E-state index in [0.29, 0.717) is 0 Å². The lowest BCUT2D eigenvalue weighted by molar-refractivity contribution is 0.504. The molecule has 0 saturated heterocycles. The van der Waals surface area contributed by atoms with Gasteiger partial charge in [-0.1, -0.05) is 0 Å². The van der Waals surface area contributed by atoms with E-state index in [0.717, 1.165) is 23.0 Å². The summed E-state index contributed by atoms with van der Waals surface area (Å²) in [5.74, 6) is 3.94. The molecule has 0 N–H and O–H groups in total. The molecule has 76 valence electrons. The van der Waals surface area contributed by atoms with Crippen LogP contribution in [0.5, 0.6) is 0 Å². The van der Waals surface area contributed by atoms with Crippen molar-refractivity contribution in [2.24, 2.45) is 0 Å². The molecule has 2 heteroatoms. The smallest absolute Gasteiger partial charge is 0.101 e. The zero-order valence-corrected chi connectivity index (χ0v) is 9.13. The molecule has 0 aliphatic carbocycles. The fourth-order valence-corrected chi connectivity index (χ4v) is 1.11. The van der Waals surface area contributed by atoms with Crippen molar-refractivity contribution in [3.8, 4) is 0 Å². The second kappa shape index (κ2) is 4.70. The van der Waals surface area contributed by atoms with Crippen LogP contribution in [-0.4, -0.2) is 0 Å². The van der Waals surface area contributed by atoms with E-state index in [1.807, 2.05) is 52.0 Å². The van der Waals surface area contributed by atoms with Gasteiger partial charge in [-0.25, -0.2) is 0 Å². The van der Waals surface area contributed by atoms with E-state index >= 15 is 0 Å². The fourth-order valence-electron chi connectivity index (χ4n) is 1.11. The average Bonchev–Trinajstić information content (AvgIpc) is 2.63. The van der Waals surface area contributed by atoms with Crippen molar-refractivity contribution in [3.63, 3.8) is 0 Å². The first-order valence-electron chi connectivity index (χ1n) is 4.64. The number of aryl methyl sites for hydroxylation is 4. The van der Waals surface area contributed by atoms with E-state index in [1.165, 1.54) is 0 Å². The van der Waals surface area contributed by atoms with E-state index < -0.39 is 0 Å². The fraction of sp³-hybridized carbons (Fsp3) is 0.333. The molecular formula is C12H16O2. The van der Waals surface area contributed by atoms with Crippen molar-refractivity contribution in [2.75, 3.05) is 0 Å². The van der Waals surface area contributed by atoms with Gasteiger partial charge in [-0.05, 0) is 52.0 Å². The predicted molar refractivity (Wildman–Crippen MR) is 56.4 cm³/mol. The molecule has 2 heterocycles. The molecule has 0 aliphatic heterocycles. The summed E-state index contributed by atoms with van der Waals surface area (Å²) in [6.45, 7) is 7.75. The molecule has 2 rings (SSSR count). The van der Waals surface area contributed by atoms with E-state index in [1.54, 1.807) is 0 Å². The van der Waals surface area contributed by atoms with Crippen molar-refractivity contribution >= 4 is 0 Å². The standard InChI is InChI=1S/2C6H8O/c2*1-5-3-4-6(2)7-5/h2*3-4H,1-2H3. The summed E-state index contributed by atoms with van der Waals surface area (Å²) >= 11 is 0. The van der Waals surface area contributed by atoms with Crippen LogP contribution in [-0.2, 0) is 0 Å². The van der Waals surface area contributed by atoms with Crippen LogP contribution in [0.2, 0.25) is 0 Å². The normalized spacial score (nSPS) is 9.43. The van der Waals surface area contributed by atoms with E-state index in [9.17, 15) is 0 Å². The lowest BCUT2D eigenvalue weighted by Gasteiger charge is -1.76. The molecule has 14 heavy (non-hydrogen) atoms. The maximum absolute atomic E-state index is 5.08. The lowest BCUT2D eigenvalue weighted by Crippen LogP contribution is -1.53. The summed E-state index contributed by atoms with van der Waals surface area (Å²) in [5, 5.41) is 0. The summed E-state index contributed by atoms with van der Waals surface area (Å²) in [6, 6.07) is 7.81. The van der Waals surface area contributed by atoms with Crippen molar-refractivity contribution in [1.82, 2.24) is 0 Å². The molecule has 0 amide bonds. The van der Waals surface area contributed by atoms with Crippen LogP contribution in [0.4, 0.5) is 0 Å². The molecular weight excluding hydrogens is 176 g/mol. The molecule has 2 aromatic rings. The molecule has 2 aromatic heterocycles. The second-order valence-corrected chi connectivity index (χ2v) is 3.31. The van der Waals surface area contributed by atoms with Crippen LogP contribution in [0.25, 0.3) is 0 Å². The van der Waals surface area contributed by atoms with Crippen LogP contribution >= 0.6 is 0 Å². The molecule has 0 spiro atoms. The minimum absolute atomic E-state index is 0.984. The topological polar surface area (TPSA) is 26.3 Å². The Bertz CT molecular complexity index is 311. The minimum atomic E-state index is 0.984. The predicted octanol–water partition coefficient (Wildman–Crippen LogP) is 3.79. The van der Waals surface area contributed by atoms with Crippen LogP contribution in [0.1, 0.15) is 23.0 Å². The van der Waals surface area contributed by atoms with Crippen LogP contribution in [0, 0.1) is 27.7 Å². The van der Waals surface area contributed by atoms with E-state index in [4.69, 9.17) is 8.83 Å². The van der Waals surface area contributed by atoms with E-state index in [2.05, 4.69) is 0 Å². The molecule has 2 nitrogen and oxygen atoms in total. The van der Waals surface area contributed by atoms with Gasteiger partial charge in [0.15, 0.2) is 0 Å². The first kappa shape index (κ1) is 10.6. The Morgan fingerprint density at radius 2 is 0.786 bits per heavy atom. The van der Waals surface area contributed by atoms with Crippen LogP contribution in [0.15, 0.2) is 33.1 Å². The molecule has 0 saturated carbocycles. The highest BCUT2D eigenvalue weighted by atomic mass is 16.3. The number of hydrogen-bond donors (Lipinski definition) is 0. The van der Waals surface area contributed by atoms with Gasteiger partial charge in [0.2, 0.25) is 0 Å². The van der Waals surface area contributed by atoms with Crippen molar-refractivity contribution < 1.29 is 8.83 Å².